The molecule has 0 heterocycles. The number of ether oxygens (including phenoxy) is 2. The molecule has 0 aromatic heterocycles. The molecule has 0 aromatic carbocycles. The van der Waals surface area contributed by atoms with E-state index in [1.165, 1.54) is 7.11 Å². The molecule has 0 spiro atoms. The van der Waals surface area contributed by atoms with E-state index in [0.29, 0.717) is 5.25 Å². The summed E-state index contributed by atoms with van der Waals surface area (Å²) in [6.45, 7) is 0.796. The Morgan fingerprint density at radius 1 is 1.56 bits per heavy atom. The van der Waals surface area contributed by atoms with E-state index in [4.69, 9.17) is 15.2 Å². The predicted molar refractivity (Wildman–Crippen MR) is 65.5 cm³/mol. The lowest BCUT2D eigenvalue weighted by atomic mass is 10.00. The number of hydrogen-bond acceptors (Lipinski definition) is 5. The molecule has 0 saturated heterocycles. The number of hydrogen-bond donors (Lipinski definition) is 1. The van der Waals surface area contributed by atoms with Crippen LogP contribution in [0.25, 0.3) is 0 Å². The quantitative estimate of drug-likeness (QED) is 0.564. The summed E-state index contributed by atoms with van der Waals surface area (Å²) < 4.78 is 9.73. The van der Waals surface area contributed by atoms with Crippen LogP contribution in [0.4, 0.5) is 0 Å². The zero-order chi connectivity index (χ0) is 12.0. The average molecular weight is 247 g/mol. The summed E-state index contributed by atoms with van der Waals surface area (Å²) in [7, 11) is 3.11. The highest BCUT2D eigenvalue weighted by molar-refractivity contribution is 7.99. The van der Waals surface area contributed by atoms with Crippen molar-refractivity contribution in [3.63, 3.8) is 0 Å². The molecule has 2 N–H and O–H groups in total. The van der Waals surface area contributed by atoms with Crippen molar-refractivity contribution in [2.45, 2.75) is 36.5 Å². The lowest BCUT2D eigenvalue weighted by molar-refractivity contribution is -0.146. The first-order chi connectivity index (χ1) is 7.62. The van der Waals surface area contributed by atoms with E-state index >= 15 is 0 Å². The maximum absolute atomic E-state index is 11.5. The van der Waals surface area contributed by atoms with Gasteiger partial charge in [0.2, 0.25) is 0 Å². The fourth-order valence-corrected chi connectivity index (χ4v) is 3.33. The van der Waals surface area contributed by atoms with Crippen LogP contribution in [0, 0.1) is 0 Å². The fraction of sp³-hybridized carbons (Fsp3) is 0.909. The van der Waals surface area contributed by atoms with Gasteiger partial charge in [-0.3, -0.25) is 4.79 Å². The van der Waals surface area contributed by atoms with E-state index in [-0.39, 0.29) is 5.97 Å². The largest absolute Gasteiger partial charge is 0.468 e. The van der Waals surface area contributed by atoms with Gasteiger partial charge in [-0.2, -0.15) is 11.8 Å². The molecule has 16 heavy (non-hydrogen) atoms. The van der Waals surface area contributed by atoms with E-state index in [9.17, 15) is 4.79 Å². The van der Waals surface area contributed by atoms with Crippen LogP contribution in [0.15, 0.2) is 0 Å². The smallest absolute Gasteiger partial charge is 0.325 e. The van der Waals surface area contributed by atoms with Crippen LogP contribution in [-0.2, 0) is 14.3 Å². The van der Waals surface area contributed by atoms with E-state index < -0.39 is 5.54 Å². The molecule has 94 valence electrons. The third kappa shape index (κ3) is 3.64. The average Bonchev–Trinajstić information content (AvgIpc) is 2.67. The van der Waals surface area contributed by atoms with E-state index in [2.05, 4.69) is 0 Å². The van der Waals surface area contributed by atoms with Crippen LogP contribution in [0.5, 0.6) is 0 Å². The van der Waals surface area contributed by atoms with Gasteiger partial charge in [-0.1, -0.05) is 0 Å². The lowest BCUT2D eigenvalue weighted by Crippen LogP contribution is -2.46. The van der Waals surface area contributed by atoms with Gasteiger partial charge in [0, 0.05) is 19.0 Å². The van der Waals surface area contributed by atoms with Gasteiger partial charge in [-0.25, -0.2) is 0 Å². The molecule has 1 saturated carbocycles. The Morgan fingerprint density at radius 2 is 2.31 bits per heavy atom. The molecule has 0 amide bonds. The van der Waals surface area contributed by atoms with Gasteiger partial charge in [0.1, 0.15) is 5.54 Å². The summed E-state index contributed by atoms with van der Waals surface area (Å²) in [4.78, 5) is 11.5. The second-order valence-electron chi connectivity index (χ2n) is 4.23. The van der Waals surface area contributed by atoms with Crippen molar-refractivity contribution < 1.29 is 14.3 Å². The van der Waals surface area contributed by atoms with Crippen molar-refractivity contribution in [1.29, 1.82) is 0 Å². The van der Waals surface area contributed by atoms with Gasteiger partial charge < -0.3 is 15.2 Å². The Kier molecular flexibility index (Phi) is 5.58. The molecular formula is C11H21NO3S. The molecule has 1 aliphatic rings. The van der Waals surface area contributed by atoms with Crippen molar-refractivity contribution >= 4 is 17.7 Å². The van der Waals surface area contributed by atoms with Gasteiger partial charge in [0.15, 0.2) is 0 Å². The molecule has 1 aliphatic carbocycles. The molecule has 5 heteroatoms. The monoisotopic (exact) mass is 247 g/mol. The summed E-state index contributed by atoms with van der Waals surface area (Å²) in [6.07, 6.45) is 3.52. The second kappa shape index (κ2) is 6.47. The van der Waals surface area contributed by atoms with Gasteiger partial charge in [-0.15, -0.1) is 0 Å². The molecule has 1 rings (SSSR count). The molecule has 2 unspecified atom stereocenters. The van der Waals surface area contributed by atoms with Crippen LogP contribution in [0.3, 0.4) is 0 Å². The van der Waals surface area contributed by atoms with Gasteiger partial charge >= 0.3 is 5.97 Å². The number of nitrogens with two attached hydrogens (primary N) is 1. The number of esters is 1. The molecule has 0 radical (unpaired) electrons. The van der Waals surface area contributed by atoms with Crippen LogP contribution in [-0.4, -0.2) is 43.3 Å². The fourth-order valence-electron chi connectivity index (χ4n) is 2.01. The Bertz CT molecular complexity index is 237. The minimum Gasteiger partial charge on any atom is -0.468 e. The van der Waals surface area contributed by atoms with Gasteiger partial charge in [0.25, 0.3) is 0 Å². The number of thioether (sulfide) groups is 1. The summed E-state index contributed by atoms with van der Waals surface area (Å²) in [5, 5.41) is 0.487. The Labute approximate surface area is 101 Å². The minimum atomic E-state index is -0.742. The van der Waals surface area contributed by atoms with Crippen molar-refractivity contribution in [3.8, 4) is 0 Å². The van der Waals surface area contributed by atoms with E-state index in [1.54, 1.807) is 7.11 Å². The summed E-state index contributed by atoms with van der Waals surface area (Å²) >= 11 is 1.89. The van der Waals surface area contributed by atoms with Crippen molar-refractivity contribution in [3.05, 3.63) is 0 Å². The first kappa shape index (κ1) is 13.8. The van der Waals surface area contributed by atoms with Crippen molar-refractivity contribution in [2.75, 3.05) is 26.6 Å². The summed E-state index contributed by atoms with van der Waals surface area (Å²) in [6, 6.07) is 0. The number of methoxy groups -OCH3 is 2. The molecule has 0 bridgehead atoms. The highest BCUT2D eigenvalue weighted by Crippen LogP contribution is 2.36. The number of rotatable bonds is 6. The standard InChI is InChI=1S/C11H21NO3S/c1-14-6-3-7-16-9-4-5-11(12,8-9)10(13)15-2/h9H,3-8,12H2,1-2H3. The van der Waals surface area contributed by atoms with Crippen molar-refractivity contribution in [2.24, 2.45) is 5.73 Å². The predicted octanol–water partition coefficient (Wildman–Crippen LogP) is 1.18. The Morgan fingerprint density at radius 3 is 2.94 bits per heavy atom. The van der Waals surface area contributed by atoms with Crippen molar-refractivity contribution in [1.82, 2.24) is 0 Å². The van der Waals surface area contributed by atoms with Crippen LogP contribution < -0.4 is 5.73 Å². The Hall–Kier alpha value is -0.260. The SMILES string of the molecule is COCCCSC1CCC(N)(C(=O)OC)C1. The van der Waals surface area contributed by atoms with Crippen LogP contribution in [0.1, 0.15) is 25.7 Å². The van der Waals surface area contributed by atoms with E-state index in [0.717, 1.165) is 38.0 Å². The lowest BCUT2D eigenvalue weighted by Gasteiger charge is -2.20. The minimum absolute atomic E-state index is 0.271. The molecule has 0 aromatic rings. The maximum atomic E-state index is 11.5. The molecular weight excluding hydrogens is 226 g/mol. The maximum Gasteiger partial charge on any atom is 0.325 e. The first-order valence-electron chi connectivity index (χ1n) is 5.60. The third-order valence-corrected chi connectivity index (χ3v) is 4.34. The third-order valence-electron chi connectivity index (χ3n) is 2.94. The molecule has 4 nitrogen and oxygen atoms in total. The highest BCUT2D eigenvalue weighted by atomic mass is 32.2. The number of carbonyl (C=O) groups is 1. The molecule has 0 aliphatic heterocycles. The van der Waals surface area contributed by atoms with Gasteiger partial charge in [0.05, 0.1) is 7.11 Å². The first-order valence-corrected chi connectivity index (χ1v) is 6.65. The van der Waals surface area contributed by atoms with Crippen LogP contribution in [0.2, 0.25) is 0 Å². The molecule has 1 fully saturated rings. The zero-order valence-corrected chi connectivity index (χ0v) is 10.8. The summed E-state index contributed by atoms with van der Waals surface area (Å²) in [5.74, 6) is 0.794. The Balaban J connectivity index is 2.26. The topological polar surface area (TPSA) is 61.5 Å². The van der Waals surface area contributed by atoms with E-state index in [1.807, 2.05) is 11.8 Å². The summed E-state index contributed by atoms with van der Waals surface area (Å²) in [5.41, 5.74) is 5.28. The number of carbonyl (C=O) groups excluding carboxylic acids is 1. The zero-order valence-electron chi connectivity index (χ0n) is 10.0. The van der Waals surface area contributed by atoms with Crippen LogP contribution >= 0.6 is 11.8 Å². The van der Waals surface area contributed by atoms with Gasteiger partial charge in [-0.05, 0) is 31.4 Å². The highest BCUT2D eigenvalue weighted by Gasteiger charge is 2.42. The molecule has 2 atom stereocenters. The second-order valence-corrected chi connectivity index (χ2v) is 5.64. The normalized spacial score (nSPS) is 29.3.